The maximum Gasteiger partial charge on any atom is 0.338 e. The van der Waals surface area contributed by atoms with Crippen LogP contribution in [0.25, 0.3) is 17.4 Å². The van der Waals surface area contributed by atoms with Crippen molar-refractivity contribution in [3.8, 4) is 11.3 Å². The summed E-state index contributed by atoms with van der Waals surface area (Å²) in [4.78, 5) is 43.3. The highest BCUT2D eigenvalue weighted by Gasteiger charge is 2.34. The van der Waals surface area contributed by atoms with Gasteiger partial charge in [0.05, 0.1) is 33.4 Å². The molecule has 0 saturated carbocycles. The topological polar surface area (TPSA) is 117 Å². The summed E-state index contributed by atoms with van der Waals surface area (Å²) in [5.74, 6) is 0.704. The van der Waals surface area contributed by atoms with Gasteiger partial charge in [0.1, 0.15) is 11.5 Å². The average molecular weight is 586 g/mol. The number of nitro groups is 1. The minimum Gasteiger partial charge on any atom is -0.463 e. The van der Waals surface area contributed by atoms with E-state index >= 15 is 0 Å². The number of benzene rings is 2. The third-order valence-corrected chi connectivity index (χ3v) is 8.04. The molecule has 0 saturated heterocycles. The fourth-order valence-corrected chi connectivity index (χ4v) is 5.99. The predicted octanol–water partition coefficient (Wildman–Crippen LogP) is 5.87. The summed E-state index contributed by atoms with van der Waals surface area (Å²) in [5.41, 5.74) is 3.15. The molecule has 0 aliphatic carbocycles. The SMILES string of the molecule is CCCC1=C(C(=O)OCC)[C@H](c2ccc(C(C)C)cc2)n2c(s/c(=C\c3ccc(-c4cccc([N+](=O)[O-])c4)o3)c2=O)=N1. The Morgan fingerprint density at radius 2 is 1.93 bits per heavy atom. The highest BCUT2D eigenvalue weighted by atomic mass is 32.1. The Labute approximate surface area is 246 Å². The molecule has 1 atom stereocenters. The van der Waals surface area contributed by atoms with E-state index in [0.717, 1.165) is 17.5 Å². The number of hydrogen-bond acceptors (Lipinski definition) is 8. The summed E-state index contributed by atoms with van der Waals surface area (Å²) in [6.07, 6.45) is 2.96. The number of non-ortho nitro benzene ring substituents is 1. The molecule has 0 unspecified atom stereocenters. The van der Waals surface area contributed by atoms with Crippen LogP contribution >= 0.6 is 11.3 Å². The van der Waals surface area contributed by atoms with E-state index in [1.807, 2.05) is 31.2 Å². The van der Waals surface area contributed by atoms with Gasteiger partial charge in [-0.2, -0.15) is 0 Å². The number of carbonyl (C=O) groups is 1. The molecule has 2 aromatic heterocycles. The minimum absolute atomic E-state index is 0.0412. The van der Waals surface area contributed by atoms with Gasteiger partial charge < -0.3 is 9.15 Å². The van der Waals surface area contributed by atoms with Crippen molar-refractivity contribution < 1.29 is 18.9 Å². The molecule has 0 amide bonds. The monoisotopic (exact) mass is 585 g/mol. The number of ether oxygens (including phenoxy) is 1. The van der Waals surface area contributed by atoms with E-state index in [9.17, 15) is 19.7 Å². The molecule has 1 aliphatic heterocycles. The van der Waals surface area contributed by atoms with Crippen molar-refractivity contribution in [2.75, 3.05) is 6.61 Å². The molecule has 0 N–H and O–H groups in total. The van der Waals surface area contributed by atoms with Crippen LogP contribution in [0.2, 0.25) is 0 Å². The number of carbonyl (C=O) groups excluding carboxylic acids is 1. The lowest BCUT2D eigenvalue weighted by Gasteiger charge is -2.26. The quantitative estimate of drug-likeness (QED) is 0.138. The first-order valence-corrected chi connectivity index (χ1v) is 14.7. The number of hydrogen-bond donors (Lipinski definition) is 0. The first kappa shape index (κ1) is 28.9. The number of allylic oxidation sites excluding steroid dienone is 1. The van der Waals surface area contributed by atoms with Crippen molar-refractivity contribution in [2.24, 2.45) is 4.99 Å². The van der Waals surface area contributed by atoms with E-state index < -0.39 is 16.9 Å². The third kappa shape index (κ3) is 5.62. The zero-order valence-corrected chi connectivity index (χ0v) is 24.6. The van der Waals surface area contributed by atoms with Crippen LogP contribution in [0.15, 0.2) is 86.1 Å². The predicted molar refractivity (Wildman–Crippen MR) is 161 cm³/mol. The number of rotatable bonds is 9. The number of aromatic nitrogens is 1. The molecular formula is C32H31N3O6S. The molecular weight excluding hydrogens is 554 g/mol. The summed E-state index contributed by atoms with van der Waals surface area (Å²) in [6.45, 7) is 8.20. The van der Waals surface area contributed by atoms with Gasteiger partial charge in [0.15, 0.2) is 4.80 Å². The van der Waals surface area contributed by atoms with Crippen LogP contribution in [0.1, 0.15) is 69.4 Å². The second-order valence-electron chi connectivity index (χ2n) is 10.2. The largest absolute Gasteiger partial charge is 0.463 e. The Kier molecular flexibility index (Phi) is 8.35. The van der Waals surface area contributed by atoms with Gasteiger partial charge in [-0.05, 0) is 42.5 Å². The van der Waals surface area contributed by atoms with Crippen molar-refractivity contribution >= 4 is 29.1 Å². The first-order valence-electron chi connectivity index (χ1n) is 13.9. The molecule has 4 aromatic rings. The number of thiazole rings is 1. The van der Waals surface area contributed by atoms with Crippen molar-refractivity contribution in [2.45, 2.75) is 52.5 Å². The molecule has 216 valence electrons. The third-order valence-electron chi connectivity index (χ3n) is 7.05. The lowest BCUT2D eigenvalue weighted by atomic mass is 9.92. The van der Waals surface area contributed by atoms with Crippen molar-refractivity contribution in [3.63, 3.8) is 0 Å². The van der Waals surface area contributed by atoms with Crippen LogP contribution in [0, 0.1) is 10.1 Å². The van der Waals surface area contributed by atoms with E-state index in [0.29, 0.717) is 50.0 Å². The summed E-state index contributed by atoms with van der Waals surface area (Å²) in [7, 11) is 0. The standard InChI is InChI=1S/C32H31N3O6S/c1-5-8-25-28(31(37)40-6-2)29(21-13-11-20(12-14-21)19(3)4)34-30(36)27(42-32(34)33-25)18-24-15-16-26(41-24)22-9-7-10-23(17-22)35(38)39/h7,9-19,29H,5-6,8H2,1-4H3/b27-18-/t29-/m0/s1. The first-order chi connectivity index (χ1) is 20.2. The van der Waals surface area contributed by atoms with E-state index in [2.05, 4.69) is 13.8 Å². The van der Waals surface area contributed by atoms with E-state index in [4.69, 9.17) is 14.1 Å². The zero-order chi connectivity index (χ0) is 30.0. The van der Waals surface area contributed by atoms with Crippen LogP contribution in [0.5, 0.6) is 0 Å². The van der Waals surface area contributed by atoms with Gasteiger partial charge in [-0.15, -0.1) is 0 Å². The molecule has 1 aliphatic rings. The molecule has 0 fully saturated rings. The lowest BCUT2D eigenvalue weighted by Crippen LogP contribution is -2.40. The molecule has 2 aromatic carbocycles. The Hall–Kier alpha value is -4.57. The highest BCUT2D eigenvalue weighted by Crippen LogP contribution is 2.33. The molecule has 42 heavy (non-hydrogen) atoms. The fraction of sp³-hybridized carbons (Fsp3) is 0.281. The Bertz CT molecular complexity index is 1860. The number of furan rings is 1. The van der Waals surface area contributed by atoms with Gasteiger partial charge in [-0.3, -0.25) is 19.5 Å². The average Bonchev–Trinajstić information content (AvgIpc) is 3.57. The van der Waals surface area contributed by atoms with Gasteiger partial charge in [0.2, 0.25) is 0 Å². The molecule has 0 radical (unpaired) electrons. The van der Waals surface area contributed by atoms with Gasteiger partial charge in [0.25, 0.3) is 11.2 Å². The van der Waals surface area contributed by atoms with Gasteiger partial charge in [0, 0.05) is 23.8 Å². The number of esters is 1. The molecule has 10 heteroatoms. The van der Waals surface area contributed by atoms with E-state index in [-0.39, 0.29) is 17.9 Å². The van der Waals surface area contributed by atoms with Crippen molar-refractivity contribution in [1.29, 1.82) is 0 Å². The fourth-order valence-electron chi connectivity index (χ4n) is 4.99. The molecule has 0 bridgehead atoms. The summed E-state index contributed by atoms with van der Waals surface area (Å²) in [5, 5.41) is 11.2. The van der Waals surface area contributed by atoms with Crippen molar-refractivity contribution in [1.82, 2.24) is 4.57 Å². The normalized spacial score (nSPS) is 15.1. The molecule has 9 nitrogen and oxygen atoms in total. The van der Waals surface area contributed by atoms with Crippen molar-refractivity contribution in [3.05, 3.63) is 119 Å². The Morgan fingerprint density at radius 1 is 1.17 bits per heavy atom. The van der Waals surface area contributed by atoms with Crippen LogP contribution in [0.4, 0.5) is 5.69 Å². The molecule has 3 heterocycles. The number of nitrogens with zero attached hydrogens (tertiary/aromatic N) is 3. The maximum atomic E-state index is 14.0. The van der Waals surface area contributed by atoms with Crippen LogP contribution < -0.4 is 14.9 Å². The summed E-state index contributed by atoms with van der Waals surface area (Å²) >= 11 is 1.22. The van der Waals surface area contributed by atoms with E-state index in [1.54, 1.807) is 41.8 Å². The maximum absolute atomic E-state index is 14.0. The molecule has 0 spiro atoms. The van der Waals surface area contributed by atoms with Crippen LogP contribution in [-0.2, 0) is 9.53 Å². The summed E-state index contributed by atoms with van der Waals surface area (Å²) < 4.78 is 13.4. The second-order valence-corrected chi connectivity index (χ2v) is 11.3. The zero-order valence-electron chi connectivity index (χ0n) is 23.8. The number of nitro benzene ring substituents is 1. The number of fused-ring (bicyclic) bond motifs is 1. The lowest BCUT2D eigenvalue weighted by molar-refractivity contribution is -0.384. The van der Waals surface area contributed by atoms with Gasteiger partial charge >= 0.3 is 5.97 Å². The van der Waals surface area contributed by atoms with E-state index in [1.165, 1.54) is 23.5 Å². The molecule has 5 rings (SSSR count). The smallest absolute Gasteiger partial charge is 0.338 e. The summed E-state index contributed by atoms with van der Waals surface area (Å²) in [6, 6.07) is 16.9. The highest BCUT2D eigenvalue weighted by molar-refractivity contribution is 7.07. The van der Waals surface area contributed by atoms with Gasteiger partial charge in [-0.1, -0.05) is 74.9 Å². The minimum atomic E-state index is -0.692. The van der Waals surface area contributed by atoms with Gasteiger partial charge in [-0.25, -0.2) is 9.79 Å². The second kappa shape index (κ2) is 12.1. The Morgan fingerprint density at radius 3 is 2.60 bits per heavy atom. The van der Waals surface area contributed by atoms with Crippen LogP contribution in [0.3, 0.4) is 0 Å². The van der Waals surface area contributed by atoms with Crippen LogP contribution in [-0.4, -0.2) is 22.1 Å². The Balaban J connectivity index is 1.65.